The van der Waals surface area contributed by atoms with E-state index in [4.69, 9.17) is 19.5 Å². The number of carbonyl (C=O) groups excluding carboxylic acids is 4. The van der Waals surface area contributed by atoms with Crippen molar-refractivity contribution in [3.8, 4) is 11.1 Å². The van der Waals surface area contributed by atoms with Crippen molar-refractivity contribution in [1.82, 2.24) is 20.4 Å². The number of allylic oxidation sites excluding steroid dienone is 2. The molecule has 0 spiro atoms. The third-order valence-electron chi connectivity index (χ3n) is 11.9. The Morgan fingerprint density at radius 1 is 0.565 bits per heavy atom. The van der Waals surface area contributed by atoms with Crippen LogP contribution in [-0.4, -0.2) is 107 Å². The number of methoxy groups -OCH3 is 2. The summed E-state index contributed by atoms with van der Waals surface area (Å²) in [5.41, 5.74) is 8.81. The summed E-state index contributed by atoms with van der Waals surface area (Å²) in [7, 11) is 2.49. The number of carbonyl (C=O) groups is 4. The van der Waals surface area contributed by atoms with Crippen molar-refractivity contribution in [2.24, 2.45) is 9.98 Å². The normalized spacial score (nSPS) is 21.6. The Morgan fingerprint density at radius 3 is 1.27 bits per heavy atom. The summed E-state index contributed by atoms with van der Waals surface area (Å²) >= 11 is 0. The molecule has 0 radical (unpaired) electrons. The molecule has 0 saturated carbocycles. The van der Waals surface area contributed by atoms with Gasteiger partial charge in [0.2, 0.25) is 0 Å². The molecule has 318 valence electrons. The van der Waals surface area contributed by atoms with E-state index in [0.717, 1.165) is 44.8 Å². The molecule has 14 nitrogen and oxygen atoms in total. The Morgan fingerprint density at radius 2 is 0.919 bits per heavy atom. The van der Waals surface area contributed by atoms with Crippen LogP contribution in [0.3, 0.4) is 0 Å². The Balaban J connectivity index is 0.889. The number of β-amino-alcohol motifs (C(OH)–C–C–N with tert-alkyl or cyclic N) is 2. The standard InChI is InChI=1S/C48H48N6O8/c1-61-47(59)51-43(33-9-5-3-6-10-33)45(57)53-27-37(55)23-41(53)39-21-35(25-49-39)31-17-13-29(14-18-31)30-15-19-32(20-16-30)36-22-40(50-26-36)42-24-38(56)28-54(42)46(58)44(52-48(60)62-2)34-11-7-4-8-12-34/h3-20,25-26,37-38,41-44,55-56H,21-24,27-28H2,1-2H3,(H,51,59)(H,52,60)/t37-,38+,41-,42-,43+,44+/m0/s1. The molecule has 0 aromatic heterocycles. The number of alkyl carbamates (subject to hydrolysis) is 2. The number of nitrogens with one attached hydrogen (secondary N) is 2. The van der Waals surface area contributed by atoms with Crippen LogP contribution in [0.1, 0.15) is 60.0 Å². The summed E-state index contributed by atoms with van der Waals surface area (Å²) < 4.78 is 9.62. The zero-order valence-electron chi connectivity index (χ0n) is 34.4. The number of nitrogens with zero attached hydrogens (tertiary/aromatic N) is 4. The molecule has 6 atom stereocenters. The fraction of sp³-hybridized carbons (Fsp3) is 0.292. The Kier molecular flexibility index (Phi) is 12.4. The van der Waals surface area contributed by atoms with Gasteiger partial charge in [0.05, 0.1) is 38.5 Å². The average molecular weight is 837 g/mol. The molecular weight excluding hydrogens is 789 g/mol. The van der Waals surface area contributed by atoms with Crippen molar-refractivity contribution >= 4 is 46.6 Å². The number of aliphatic hydroxyl groups excluding tert-OH is 2. The van der Waals surface area contributed by atoms with Gasteiger partial charge in [-0.1, -0.05) is 109 Å². The van der Waals surface area contributed by atoms with Crippen LogP contribution in [0.25, 0.3) is 22.3 Å². The molecule has 2 saturated heterocycles. The summed E-state index contributed by atoms with van der Waals surface area (Å²) in [5.74, 6) is -0.689. The Bertz CT molecular complexity index is 2260. The fourth-order valence-electron chi connectivity index (χ4n) is 8.71. The Hall–Kier alpha value is -6.90. The van der Waals surface area contributed by atoms with Crippen LogP contribution >= 0.6 is 0 Å². The molecule has 4 N–H and O–H groups in total. The van der Waals surface area contributed by atoms with Crippen LogP contribution in [0.2, 0.25) is 0 Å². The highest BCUT2D eigenvalue weighted by atomic mass is 16.5. The molecule has 2 fully saturated rings. The lowest BCUT2D eigenvalue weighted by Crippen LogP contribution is -2.47. The van der Waals surface area contributed by atoms with E-state index in [-0.39, 0.29) is 24.9 Å². The van der Waals surface area contributed by atoms with Gasteiger partial charge in [-0.05, 0) is 44.5 Å². The van der Waals surface area contributed by atoms with Gasteiger partial charge in [-0.15, -0.1) is 0 Å². The maximum atomic E-state index is 14.0. The van der Waals surface area contributed by atoms with Crippen molar-refractivity contribution in [2.45, 2.75) is 62.1 Å². The monoisotopic (exact) mass is 836 g/mol. The minimum atomic E-state index is -0.985. The van der Waals surface area contributed by atoms with Crippen LogP contribution < -0.4 is 10.6 Å². The first kappa shape index (κ1) is 41.8. The number of benzene rings is 4. The van der Waals surface area contributed by atoms with Crippen molar-refractivity contribution in [1.29, 1.82) is 0 Å². The highest BCUT2D eigenvalue weighted by Crippen LogP contribution is 2.35. The first-order chi connectivity index (χ1) is 30.1. The maximum absolute atomic E-state index is 14.0. The summed E-state index contributed by atoms with van der Waals surface area (Å²) in [5, 5.41) is 26.7. The van der Waals surface area contributed by atoms with E-state index in [1.165, 1.54) is 14.2 Å². The molecule has 4 aromatic rings. The SMILES string of the molecule is COC(=O)N[C@@H](C(=O)N1C[C@H](O)C[C@H]1C1=NC=C(c2ccc(-c3ccc(C4=CN=C([C@@H]5C[C@H](O)CN5C(=O)[C@H](NC(=O)OC)c5ccccc5)C4)cc3)cc2)C1)c1ccccc1. The Labute approximate surface area is 359 Å². The van der Waals surface area contributed by atoms with Crippen LogP contribution in [0.5, 0.6) is 0 Å². The second kappa shape index (κ2) is 18.4. The average Bonchev–Trinajstić information content (AvgIpc) is 4.14. The van der Waals surface area contributed by atoms with E-state index in [1.807, 2.05) is 24.5 Å². The highest BCUT2D eigenvalue weighted by Gasteiger charge is 2.43. The van der Waals surface area contributed by atoms with E-state index in [1.54, 1.807) is 58.3 Å². The van der Waals surface area contributed by atoms with Crippen molar-refractivity contribution in [3.05, 3.63) is 144 Å². The van der Waals surface area contributed by atoms with Gasteiger partial charge >= 0.3 is 12.2 Å². The lowest BCUT2D eigenvalue weighted by molar-refractivity contribution is -0.134. The lowest BCUT2D eigenvalue weighted by Gasteiger charge is -2.29. The molecule has 14 heteroatoms. The number of hydrogen-bond acceptors (Lipinski definition) is 10. The summed E-state index contributed by atoms with van der Waals surface area (Å²) in [6.45, 7) is 0.251. The van der Waals surface area contributed by atoms with E-state index >= 15 is 0 Å². The van der Waals surface area contributed by atoms with Crippen molar-refractivity contribution in [2.75, 3.05) is 27.3 Å². The zero-order chi connectivity index (χ0) is 43.3. The molecule has 0 aliphatic carbocycles. The first-order valence-corrected chi connectivity index (χ1v) is 20.6. The van der Waals surface area contributed by atoms with Gasteiger partial charge in [0, 0.05) is 62.6 Å². The molecule has 62 heavy (non-hydrogen) atoms. The first-order valence-electron chi connectivity index (χ1n) is 20.6. The number of hydrogen-bond donors (Lipinski definition) is 4. The third kappa shape index (κ3) is 8.92. The van der Waals surface area contributed by atoms with E-state index in [2.05, 4.69) is 59.2 Å². The van der Waals surface area contributed by atoms with E-state index < -0.39 is 48.6 Å². The number of rotatable bonds is 11. The van der Waals surface area contributed by atoms with Crippen LogP contribution in [-0.2, 0) is 19.1 Å². The summed E-state index contributed by atoms with van der Waals surface area (Å²) in [4.78, 5) is 65.1. The molecule has 8 rings (SSSR count). The van der Waals surface area contributed by atoms with Gasteiger partial charge < -0.3 is 40.1 Å². The van der Waals surface area contributed by atoms with Crippen molar-refractivity contribution in [3.63, 3.8) is 0 Å². The fourth-order valence-corrected chi connectivity index (χ4v) is 8.71. The molecule has 4 aliphatic rings. The van der Waals surface area contributed by atoms with Gasteiger partial charge in [0.1, 0.15) is 12.1 Å². The van der Waals surface area contributed by atoms with Gasteiger partial charge in [-0.25, -0.2) is 9.59 Å². The molecule has 4 heterocycles. The predicted molar refractivity (Wildman–Crippen MR) is 234 cm³/mol. The van der Waals surface area contributed by atoms with E-state index in [0.29, 0.717) is 36.8 Å². The third-order valence-corrected chi connectivity index (χ3v) is 11.9. The number of amides is 4. The molecule has 4 aromatic carbocycles. The van der Waals surface area contributed by atoms with Crippen LogP contribution in [0, 0.1) is 0 Å². The minimum Gasteiger partial charge on any atom is -0.453 e. The number of aliphatic imine (C=N–C) groups is 2. The molecule has 0 unspecified atom stereocenters. The van der Waals surface area contributed by atoms with Crippen LogP contribution in [0.4, 0.5) is 9.59 Å². The van der Waals surface area contributed by atoms with Gasteiger partial charge in [-0.3, -0.25) is 19.6 Å². The second-order valence-electron chi connectivity index (χ2n) is 15.8. The molecular formula is C48H48N6O8. The predicted octanol–water partition coefficient (Wildman–Crippen LogP) is 5.84. The molecule has 0 bridgehead atoms. The highest BCUT2D eigenvalue weighted by molar-refractivity contribution is 6.05. The van der Waals surface area contributed by atoms with Gasteiger partial charge in [-0.2, -0.15) is 0 Å². The molecule has 4 amide bonds. The van der Waals surface area contributed by atoms with Gasteiger partial charge in [0.15, 0.2) is 0 Å². The lowest BCUT2D eigenvalue weighted by atomic mass is 9.94. The zero-order valence-corrected chi connectivity index (χ0v) is 34.4. The molecule has 4 aliphatic heterocycles. The topological polar surface area (TPSA) is 182 Å². The van der Waals surface area contributed by atoms with Crippen LogP contribution in [0.15, 0.2) is 132 Å². The number of aliphatic hydroxyl groups is 2. The largest absolute Gasteiger partial charge is 0.453 e. The smallest absolute Gasteiger partial charge is 0.407 e. The quantitative estimate of drug-likeness (QED) is 0.145. The maximum Gasteiger partial charge on any atom is 0.407 e. The summed E-state index contributed by atoms with van der Waals surface area (Å²) in [6, 6.07) is 31.5. The van der Waals surface area contributed by atoms with Gasteiger partial charge in [0.25, 0.3) is 11.8 Å². The van der Waals surface area contributed by atoms with Crippen molar-refractivity contribution < 1.29 is 38.9 Å². The number of ether oxygens (including phenoxy) is 2. The minimum absolute atomic E-state index is 0.125. The van der Waals surface area contributed by atoms with E-state index in [9.17, 15) is 29.4 Å². The second-order valence-corrected chi connectivity index (χ2v) is 15.8. The summed E-state index contributed by atoms with van der Waals surface area (Å²) in [6.07, 6.45) is 2.45. The number of likely N-dealkylation sites (tertiary alicyclic amines) is 2.